The topological polar surface area (TPSA) is 66.0 Å². The number of ether oxygens (including phenoxy) is 1. The Bertz CT molecular complexity index is 872. The van der Waals surface area contributed by atoms with Crippen LogP contribution in [0.15, 0.2) is 42.6 Å². The van der Waals surface area contributed by atoms with Crippen molar-refractivity contribution in [1.82, 2.24) is 14.8 Å². The molecule has 160 valence electrons. The van der Waals surface area contributed by atoms with E-state index in [4.69, 9.17) is 4.74 Å². The van der Waals surface area contributed by atoms with Crippen molar-refractivity contribution >= 4 is 17.7 Å². The number of pyridine rings is 1. The number of benzene rings is 1. The minimum atomic E-state index is -0.251. The summed E-state index contributed by atoms with van der Waals surface area (Å²) in [5.41, 5.74) is 1.88. The Balaban J connectivity index is 1.58. The molecule has 0 unspecified atom stereocenters. The third-order valence-corrected chi connectivity index (χ3v) is 5.12. The summed E-state index contributed by atoms with van der Waals surface area (Å²) < 4.78 is 5.54. The second-order valence-corrected chi connectivity index (χ2v) is 8.06. The lowest BCUT2D eigenvalue weighted by Crippen LogP contribution is -2.46. The lowest BCUT2D eigenvalue weighted by atomic mass is 10.1. The third-order valence-electron chi connectivity index (χ3n) is 5.12. The summed E-state index contributed by atoms with van der Waals surface area (Å²) in [7, 11) is 3.51. The SMILES string of the molecule is CC(C)C(=O)Oc1cccnc1N1CCN(Cc2ccc(C(=O)N(C)C)cc2)CC1. The van der Waals surface area contributed by atoms with Gasteiger partial charge in [0.25, 0.3) is 5.91 Å². The van der Waals surface area contributed by atoms with Crippen molar-refractivity contribution < 1.29 is 14.3 Å². The van der Waals surface area contributed by atoms with E-state index in [2.05, 4.69) is 14.8 Å². The summed E-state index contributed by atoms with van der Waals surface area (Å²) in [5.74, 6) is 0.816. The fourth-order valence-electron chi connectivity index (χ4n) is 3.31. The molecule has 7 nitrogen and oxygen atoms in total. The number of piperazine rings is 1. The molecule has 0 radical (unpaired) electrons. The largest absolute Gasteiger partial charge is 0.422 e. The number of hydrogen-bond acceptors (Lipinski definition) is 6. The normalized spacial score (nSPS) is 14.6. The summed E-state index contributed by atoms with van der Waals surface area (Å²) in [4.78, 5) is 34.6. The Morgan fingerprint density at radius 2 is 1.73 bits per heavy atom. The summed E-state index contributed by atoms with van der Waals surface area (Å²) in [5, 5.41) is 0. The van der Waals surface area contributed by atoms with Crippen molar-refractivity contribution in [2.24, 2.45) is 5.92 Å². The van der Waals surface area contributed by atoms with E-state index in [0.29, 0.717) is 11.3 Å². The number of rotatable bonds is 6. The molecule has 1 aromatic heterocycles. The first kappa shape index (κ1) is 21.8. The molecule has 0 N–H and O–H groups in total. The van der Waals surface area contributed by atoms with Gasteiger partial charge in [0.15, 0.2) is 11.6 Å². The average molecular weight is 411 g/mol. The van der Waals surface area contributed by atoms with Crippen LogP contribution in [0.25, 0.3) is 0 Å². The smallest absolute Gasteiger partial charge is 0.313 e. The maximum Gasteiger partial charge on any atom is 0.313 e. The van der Waals surface area contributed by atoms with Crippen LogP contribution in [0.2, 0.25) is 0 Å². The highest BCUT2D eigenvalue weighted by Gasteiger charge is 2.22. The van der Waals surface area contributed by atoms with Crippen LogP contribution < -0.4 is 9.64 Å². The number of esters is 1. The summed E-state index contributed by atoms with van der Waals surface area (Å²) in [6.07, 6.45) is 1.73. The van der Waals surface area contributed by atoms with Crippen molar-refractivity contribution in [3.8, 4) is 5.75 Å². The van der Waals surface area contributed by atoms with Gasteiger partial charge in [0.1, 0.15) is 0 Å². The van der Waals surface area contributed by atoms with Crippen LogP contribution in [0.1, 0.15) is 29.8 Å². The summed E-state index contributed by atoms with van der Waals surface area (Å²) >= 11 is 0. The van der Waals surface area contributed by atoms with Gasteiger partial charge in [0, 0.05) is 58.6 Å². The van der Waals surface area contributed by atoms with Gasteiger partial charge in [0.05, 0.1) is 5.92 Å². The first-order valence-corrected chi connectivity index (χ1v) is 10.3. The van der Waals surface area contributed by atoms with Gasteiger partial charge in [-0.25, -0.2) is 4.98 Å². The second kappa shape index (κ2) is 9.71. The van der Waals surface area contributed by atoms with E-state index in [1.807, 2.05) is 38.1 Å². The predicted molar refractivity (Wildman–Crippen MR) is 117 cm³/mol. The molecule has 0 spiro atoms. The zero-order valence-electron chi connectivity index (χ0n) is 18.2. The maximum atomic E-state index is 12.0. The quantitative estimate of drug-likeness (QED) is 0.682. The van der Waals surface area contributed by atoms with Crippen molar-refractivity contribution in [2.45, 2.75) is 20.4 Å². The second-order valence-electron chi connectivity index (χ2n) is 8.06. The predicted octanol–water partition coefficient (Wildman–Crippen LogP) is 2.67. The van der Waals surface area contributed by atoms with Gasteiger partial charge in [-0.1, -0.05) is 26.0 Å². The Morgan fingerprint density at radius 3 is 2.33 bits per heavy atom. The van der Waals surface area contributed by atoms with E-state index in [-0.39, 0.29) is 17.8 Å². The highest BCUT2D eigenvalue weighted by molar-refractivity contribution is 5.93. The van der Waals surface area contributed by atoms with Crippen LogP contribution in [0.3, 0.4) is 0 Å². The summed E-state index contributed by atoms with van der Waals surface area (Å²) in [6.45, 7) is 7.85. The van der Waals surface area contributed by atoms with Crippen molar-refractivity contribution in [3.63, 3.8) is 0 Å². The fraction of sp³-hybridized carbons (Fsp3) is 0.435. The van der Waals surface area contributed by atoms with Crippen molar-refractivity contribution in [3.05, 3.63) is 53.7 Å². The van der Waals surface area contributed by atoms with Gasteiger partial charge in [-0.2, -0.15) is 0 Å². The van der Waals surface area contributed by atoms with Crippen LogP contribution in [0.5, 0.6) is 5.75 Å². The zero-order valence-corrected chi connectivity index (χ0v) is 18.2. The third kappa shape index (κ3) is 5.36. The van der Waals surface area contributed by atoms with Gasteiger partial charge >= 0.3 is 5.97 Å². The molecule has 30 heavy (non-hydrogen) atoms. The fourth-order valence-corrected chi connectivity index (χ4v) is 3.31. The van der Waals surface area contributed by atoms with Crippen LogP contribution in [0.4, 0.5) is 5.82 Å². The molecule has 1 aliphatic rings. The van der Waals surface area contributed by atoms with Gasteiger partial charge in [0.2, 0.25) is 0 Å². The minimum Gasteiger partial charge on any atom is -0.422 e. The number of hydrogen-bond donors (Lipinski definition) is 0. The molecular formula is C23H30N4O3. The average Bonchev–Trinajstić information content (AvgIpc) is 2.74. The van der Waals surface area contributed by atoms with Gasteiger partial charge in [-0.15, -0.1) is 0 Å². The van der Waals surface area contributed by atoms with Crippen molar-refractivity contribution in [1.29, 1.82) is 0 Å². The molecule has 7 heteroatoms. The highest BCUT2D eigenvalue weighted by Crippen LogP contribution is 2.27. The number of aromatic nitrogens is 1. The standard InChI is InChI=1S/C23H30N4O3/c1-17(2)23(29)30-20-6-5-11-24-21(20)27-14-12-26(13-15-27)16-18-7-9-19(10-8-18)22(28)25(3)4/h5-11,17H,12-16H2,1-4H3. The lowest BCUT2D eigenvalue weighted by Gasteiger charge is -2.35. The van der Waals surface area contributed by atoms with E-state index >= 15 is 0 Å². The number of nitrogens with zero attached hydrogens (tertiary/aromatic N) is 4. The van der Waals surface area contributed by atoms with Gasteiger partial charge in [-0.05, 0) is 29.8 Å². The van der Waals surface area contributed by atoms with Crippen LogP contribution >= 0.6 is 0 Å². The monoisotopic (exact) mass is 410 g/mol. The van der Waals surface area contributed by atoms with E-state index in [9.17, 15) is 9.59 Å². The Hall–Kier alpha value is -2.93. The molecule has 1 aromatic carbocycles. The van der Waals surface area contributed by atoms with Crippen LogP contribution in [-0.2, 0) is 11.3 Å². The van der Waals surface area contributed by atoms with E-state index in [1.54, 1.807) is 37.3 Å². The molecule has 0 atom stereocenters. The molecule has 1 aliphatic heterocycles. The van der Waals surface area contributed by atoms with Crippen molar-refractivity contribution in [2.75, 3.05) is 45.2 Å². The molecular weight excluding hydrogens is 380 g/mol. The van der Waals surface area contributed by atoms with E-state index in [1.165, 1.54) is 5.56 Å². The molecule has 3 rings (SSSR count). The van der Waals surface area contributed by atoms with Crippen LogP contribution in [-0.4, -0.2) is 66.9 Å². The number of carbonyl (C=O) groups is 2. The minimum absolute atomic E-state index is 0.0134. The first-order chi connectivity index (χ1) is 14.3. The maximum absolute atomic E-state index is 12.0. The summed E-state index contributed by atoms with van der Waals surface area (Å²) in [6, 6.07) is 11.4. The van der Waals surface area contributed by atoms with Gasteiger partial charge < -0.3 is 14.5 Å². The molecule has 0 aliphatic carbocycles. The molecule has 1 saturated heterocycles. The molecule has 0 bridgehead atoms. The van der Waals surface area contributed by atoms with Crippen LogP contribution in [0, 0.1) is 5.92 Å². The van der Waals surface area contributed by atoms with E-state index in [0.717, 1.165) is 38.5 Å². The first-order valence-electron chi connectivity index (χ1n) is 10.3. The molecule has 0 saturated carbocycles. The highest BCUT2D eigenvalue weighted by atomic mass is 16.5. The molecule has 1 fully saturated rings. The Morgan fingerprint density at radius 1 is 1.07 bits per heavy atom. The molecule has 1 amide bonds. The number of anilines is 1. The lowest BCUT2D eigenvalue weighted by molar-refractivity contribution is -0.137. The van der Waals surface area contributed by atoms with Gasteiger partial charge in [-0.3, -0.25) is 14.5 Å². The Labute approximate surface area is 178 Å². The molecule has 2 heterocycles. The van der Waals surface area contributed by atoms with E-state index < -0.39 is 0 Å². The zero-order chi connectivity index (χ0) is 21.7. The Kier molecular flexibility index (Phi) is 7.05. The number of amides is 1. The molecule has 2 aromatic rings. The number of carbonyl (C=O) groups excluding carboxylic acids is 2.